The van der Waals surface area contributed by atoms with Crippen LogP contribution in [0, 0.1) is 0 Å². The van der Waals surface area contributed by atoms with E-state index in [4.69, 9.17) is 9.40 Å². The quantitative estimate of drug-likeness (QED) is 0.553. The van der Waals surface area contributed by atoms with Crippen molar-refractivity contribution in [2.24, 2.45) is 0 Å². The highest BCUT2D eigenvalue weighted by Gasteiger charge is 2.29. The summed E-state index contributed by atoms with van der Waals surface area (Å²) in [5, 5.41) is 0. The molecule has 0 aliphatic carbocycles. The third-order valence-corrected chi connectivity index (χ3v) is 5.17. The van der Waals surface area contributed by atoms with Gasteiger partial charge in [-0.2, -0.15) is 0 Å². The molecule has 0 unspecified atom stereocenters. The fourth-order valence-electron chi connectivity index (χ4n) is 3.91. The van der Waals surface area contributed by atoms with E-state index in [2.05, 4.69) is 38.7 Å². The van der Waals surface area contributed by atoms with Crippen LogP contribution in [-0.2, 0) is 6.54 Å². The van der Waals surface area contributed by atoms with Crippen LogP contribution in [0.1, 0.15) is 30.3 Å². The maximum absolute atomic E-state index is 5.54. The number of fused-ring (bicyclic) bond motifs is 1. The standard InChI is InChI=1S/C21H20N4O/c1-4-16(12-22-9-1)17-7-8-20-21(23-15-25(20)13-17)19-6-2-10-24(19)14-18-5-3-11-26-18/h1,3-5,7-9,11-13,15,19H,2,6,10,14H2/t19-/m1/s1. The number of hydrogen-bond donors (Lipinski definition) is 0. The SMILES string of the molecule is c1cncc(-c2ccc3c([C@H]4CCCN4Cc4ccco4)ncn3c2)c1. The zero-order valence-corrected chi connectivity index (χ0v) is 14.5. The predicted octanol–water partition coefficient (Wildman–Crippen LogP) is 4.33. The molecule has 5 heterocycles. The van der Waals surface area contributed by atoms with Crippen LogP contribution in [0.5, 0.6) is 0 Å². The number of likely N-dealkylation sites (tertiary alicyclic amines) is 1. The monoisotopic (exact) mass is 344 g/mol. The lowest BCUT2D eigenvalue weighted by Crippen LogP contribution is -2.22. The first-order chi connectivity index (χ1) is 12.9. The van der Waals surface area contributed by atoms with E-state index in [-0.39, 0.29) is 0 Å². The minimum absolute atomic E-state index is 0.342. The Bertz CT molecular complexity index is 1010. The first kappa shape index (κ1) is 15.3. The van der Waals surface area contributed by atoms with Crippen LogP contribution in [-0.4, -0.2) is 25.8 Å². The second kappa shape index (κ2) is 6.42. The van der Waals surface area contributed by atoms with Crippen LogP contribution in [0.25, 0.3) is 16.6 Å². The predicted molar refractivity (Wildman–Crippen MR) is 99.5 cm³/mol. The van der Waals surface area contributed by atoms with Gasteiger partial charge in [-0.05, 0) is 49.2 Å². The summed E-state index contributed by atoms with van der Waals surface area (Å²) in [4.78, 5) is 11.4. The van der Waals surface area contributed by atoms with Gasteiger partial charge < -0.3 is 8.82 Å². The fourth-order valence-corrected chi connectivity index (χ4v) is 3.91. The summed E-state index contributed by atoms with van der Waals surface area (Å²) >= 11 is 0. The number of nitrogens with zero attached hydrogens (tertiary/aromatic N) is 4. The molecule has 0 radical (unpaired) electrons. The van der Waals surface area contributed by atoms with Crippen molar-refractivity contribution < 1.29 is 4.42 Å². The van der Waals surface area contributed by atoms with Crippen molar-refractivity contribution in [2.75, 3.05) is 6.54 Å². The van der Waals surface area contributed by atoms with Crippen molar-refractivity contribution in [3.63, 3.8) is 0 Å². The molecule has 130 valence electrons. The van der Waals surface area contributed by atoms with Crippen LogP contribution in [0.2, 0.25) is 0 Å². The van der Waals surface area contributed by atoms with Gasteiger partial charge in [-0.1, -0.05) is 12.1 Å². The van der Waals surface area contributed by atoms with Gasteiger partial charge in [0.2, 0.25) is 0 Å². The van der Waals surface area contributed by atoms with Gasteiger partial charge in [-0.25, -0.2) is 4.98 Å². The van der Waals surface area contributed by atoms with E-state index >= 15 is 0 Å². The summed E-state index contributed by atoms with van der Waals surface area (Å²) in [6, 6.07) is 12.7. The van der Waals surface area contributed by atoms with E-state index in [1.807, 2.05) is 30.7 Å². The minimum Gasteiger partial charge on any atom is -0.468 e. The van der Waals surface area contributed by atoms with Crippen molar-refractivity contribution >= 4 is 5.52 Å². The molecule has 26 heavy (non-hydrogen) atoms. The Morgan fingerprint density at radius 2 is 2.12 bits per heavy atom. The van der Waals surface area contributed by atoms with Gasteiger partial charge >= 0.3 is 0 Å². The lowest BCUT2D eigenvalue weighted by Gasteiger charge is -2.22. The van der Waals surface area contributed by atoms with E-state index in [0.29, 0.717) is 6.04 Å². The summed E-state index contributed by atoms with van der Waals surface area (Å²) in [6.07, 6.45) is 11.8. The average Bonchev–Trinajstić information content (AvgIpc) is 3.43. The van der Waals surface area contributed by atoms with Crippen LogP contribution in [0.15, 0.2) is 72.0 Å². The fraction of sp³-hybridized carbons (Fsp3) is 0.238. The summed E-state index contributed by atoms with van der Waals surface area (Å²) in [5.41, 5.74) is 4.60. The van der Waals surface area contributed by atoms with E-state index in [0.717, 1.165) is 42.1 Å². The topological polar surface area (TPSA) is 46.6 Å². The molecule has 4 aromatic rings. The Morgan fingerprint density at radius 3 is 2.96 bits per heavy atom. The smallest absolute Gasteiger partial charge is 0.117 e. The molecule has 0 spiro atoms. The van der Waals surface area contributed by atoms with Gasteiger partial charge in [-0.3, -0.25) is 9.88 Å². The third-order valence-electron chi connectivity index (χ3n) is 5.17. The summed E-state index contributed by atoms with van der Waals surface area (Å²) < 4.78 is 7.67. The van der Waals surface area contributed by atoms with Crippen molar-refractivity contribution in [1.29, 1.82) is 0 Å². The normalized spacial score (nSPS) is 17.9. The third kappa shape index (κ3) is 2.70. The molecule has 0 amide bonds. The van der Waals surface area contributed by atoms with Gasteiger partial charge in [0.15, 0.2) is 0 Å². The first-order valence-electron chi connectivity index (χ1n) is 9.02. The maximum Gasteiger partial charge on any atom is 0.117 e. The average molecular weight is 344 g/mol. The zero-order chi connectivity index (χ0) is 17.3. The van der Waals surface area contributed by atoms with Crippen molar-refractivity contribution in [1.82, 2.24) is 19.3 Å². The van der Waals surface area contributed by atoms with E-state index in [9.17, 15) is 0 Å². The number of hydrogen-bond acceptors (Lipinski definition) is 4. The highest BCUT2D eigenvalue weighted by atomic mass is 16.3. The largest absolute Gasteiger partial charge is 0.468 e. The molecule has 0 bridgehead atoms. The van der Waals surface area contributed by atoms with Gasteiger partial charge in [0.05, 0.1) is 36.4 Å². The summed E-state index contributed by atoms with van der Waals surface area (Å²) in [6.45, 7) is 1.92. The molecule has 0 aromatic carbocycles. The summed E-state index contributed by atoms with van der Waals surface area (Å²) in [7, 11) is 0. The molecule has 1 fully saturated rings. The molecule has 5 rings (SSSR count). The number of pyridine rings is 2. The molecule has 5 heteroatoms. The first-order valence-corrected chi connectivity index (χ1v) is 9.02. The lowest BCUT2D eigenvalue weighted by atomic mass is 10.1. The molecule has 0 N–H and O–H groups in total. The Morgan fingerprint density at radius 1 is 1.12 bits per heavy atom. The van der Waals surface area contributed by atoms with Crippen LogP contribution in [0.3, 0.4) is 0 Å². The van der Waals surface area contributed by atoms with Crippen molar-refractivity contribution in [2.45, 2.75) is 25.4 Å². The van der Waals surface area contributed by atoms with Gasteiger partial charge in [0.1, 0.15) is 5.76 Å². The number of aromatic nitrogens is 3. The molecule has 0 saturated carbocycles. The molecule has 1 aliphatic rings. The van der Waals surface area contributed by atoms with Gasteiger partial charge in [0, 0.05) is 24.2 Å². The van der Waals surface area contributed by atoms with Crippen molar-refractivity contribution in [3.8, 4) is 11.1 Å². The molecular formula is C21H20N4O. The number of furan rings is 1. The molecule has 4 aromatic heterocycles. The Kier molecular flexibility index (Phi) is 3.79. The van der Waals surface area contributed by atoms with Crippen molar-refractivity contribution in [3.05, 3.63) is 79.0 Å². The molecular weight excluding hydrogens is 324 g/mol. The molecule has 1 aliphatic heterocycles. The second-order valence-corrected chi connectivity index (χ2v) is 6.79. The lowest BCUT2D eigenvalue weighted by molar-refractivity contribution is 0.226. The number of rotatable bonds is 4. The van der Waals surface area contributed by atoms with Gasteiger partial charge in [-0.15, -0.1) is 0 Å². The maximum atomic E-state index is 5.54. The highest BCUT2D eigenvalue weighted by Crippen LogP contribution is 2.35. The zero-order valence-electron chi connectivity index (χ0n) is 14.5. The molecule has 5 nitrogen and oxygen atoms in total. The molecule has 1 saturated heterocycles. The van der Waals surface area contributed by atoms with Crippen LogP contribution in [0.4, 0.5) is 0 Å². The Balaban J connectivity index is 1.47. The number of imidazole rings is 1. The minimum atomic E-state index is 0.342. The highest BCUT2D eigenvalue weighted by molar-refractivity contribution is 5.66. The van der Waals surface area contributed by atoms with E-state index < -0.39 is 0 Å². The van der Waals surface area contributed by atoms with E-state index in [1.165, 1.54) is 11.9 Å². The van der Waals surface area contributed by atoms with Crippen LogP contribution < -0.4 is 0 Å². The Labute approximate surface area is 151 Å². The Hall–Kier alpha value is -2.92. The van der Waals surface area contributed by atoms with Crippen LogP contribution >= 0.6 is 0 Å². The van der Waals surface area contributed by atoms with E-state index in [1.54, 1.807) is 12.5 Å². The summed E-state index contributed by atoms with van der Waals surface area (Å²) in [5.74, 6) is 1.01. The molecule has 1 atom stereocenters. The second-order valence-electron chi connectivity index (χ2n) is 6.79. The van der Waals surface area contributed by atoms with Gasteiger partial charge in [0.25, 0.3) is 0 Å².